The van der Waals surface area contributed by atoms with E-state index in [0.29, 0.717) is 56.8 Å². The van der Waals surface area contributed by atoms with E-state index in [1.54, 1.807) is 18.5 Å². The minimum Gasteiger partial charge on any atom is -0.393 e. The fourth-order valence-electron chi connectivity index (χ4n) is 5.55. The van der Waals surface area contributed by atoms with E-state index in [9.17, 15) is 23.1 Å². The van der Waals surface area contributed by atoms with Crippen LogP contribution in [0.4, 0.5) is 13.2 Å². The number of aliphatic hydroxyl groups is 1. The number of aromatic nitrogens is 5. The Labute approximate surface area is 222 Å². The maximum absolute atomic E-state index is 14.2. The summed E-state index contributed by atoms with van der Waals surface area (Å²) in [6.07, 6.45) is 1.09. The number of hydrogen-bond donors (Lipinski definition) is 1. The number of piperidine rings is 1. The first-order valence-corrected chi connectivity index (χ1v) is 12.9. The van der Waals surface area contributed by atoms with Crippen LogP contribution in [-0.4, -0.2) is 66.1 Å². The molecule has 2 fully saturated rings. The number of halogens is 3. The second kappa shape index (κ2) is 9.61. The van der Waals surface area contributed by atoms with Gasteiger partial charge in [0.15, 0.2) is 0 Å². The van der Waals surface area contributed by atoms with Crippen molar-refractivity contribution < 1.29 is 23.0 Å². The summed E-state index contributed by atoms with van der Waals surface area (Å²) in [6.45, 7) is 2.37. The van der Waals surface area contributed by atoms with Crippen molar-refractivity contribution >= 4 is 5.52 Å². The number of benzene rings is 1. The Bertz CT molecular complexity index is 1560. The highest BCUT2D eigenvalue weighted by molar-refractivity contribution is 5.58. The summed E-state index contributed by atoms with van der Waals surface area (Å²) in [5.41, 5.74) is -0.201. The SMILES string of the molecule is Cn1cnnc1CC1(c2cccc(-n3cc4c(C(F)(F)F)cc(CN5CCC(O)CC5)cn4c3=O)c2)COC1. The number of aliphatic hydroxyl groups excluding tert-OH is 1. The van der Waals surface area contributed by atoms with Crippen molar-refractivity contribution in [2.24, 2.45) is 7.05 Å². The van der Waals surface area contributed by atoms with Crippen LogP contribution in [0.3, 0.4) is 0 Å². The average Bonchev–Trinajstić information content (AvgIpc) is 3.44. The molecule has 0 saturated carbocycles. The van der Waals surface area contributed by atoms with Gasteiger partial charge in [0.05, 0.1) is 36.1 Å². The molecule has 1 N–H and O–H groups in total. The van der Waals surface area contributed by atoms with Gasteiger partial charge >= 0.3 is 11.9 Å². The highest BCUT2D eigenvalue weighted by Crippen LogP contribution is 2.37. The van der Waals surface area contributed by atoms with Crippen molar-refractivity contribution in [2.45, 2.75) is 43.5 Å². The lowest BCUT2D eigenvalue weighted by molar-refractivity contribution is -0.136. The summed E-state index contributed by atoms with van der Waals surface area (Å²) in [4.78, 5) is 15.5. The van der Waals surface area contributed by atoms with E-state index in [4.69, 9.17) is 4.74 Å². The molecule has 206 valence electrons. The van der Waals surface area contributed by atoms with E-state index in [-0.39, 0.29) is 23.6 Å². The third-order valence-electron chi connectivity index (χ3n) is 7.89. The number of alkyl halides is 3. The van der Waals surface area contributed by atoms with Gasteiger partial charge in [0, 0.05) is 50.9 Å². The molecule has 0 aliphatic carbocycles. The standard InChI is InChI=1S/C27H29F3N6O3/c1-33-17-31-32-24(33)11-26(15-39-16-26)19-3-2-4-20(10-19)35-14-23-22(27(28,29)30)9-18(13-36(23)25(35)38)12-34-7-5-21(37)6-8-34/h2-4,9-10,13-14,17,21,37H,5-8,11-12,15-16H2,1H3. The Kier molecular flexibility index (Phi) is 6.35. The summed E-state index contributed by atoms with van der Waals surface area (Å²) < 4.78 is 52.2. The Morgan fingerprint density at radius 2 is 1.92 bits per heavy atom. The molecule has 0 radical (unpaired) electrons. The van der Waals surface area contributed by atoms with Crippen LogP contribution >= 0.6 is 0 Å². The van der Waals surface area contributed by atoms with Gasteiger partial charge < -0.3 is 14.4 Å². The minimum absolute atomic E-state index is 0.198. The van der Waals surface area contributed by atoms with Crippen molar-refractivity contribution in [1.29, 1.82) is 0 Å². The second-order valence-corrected chi connectivity index (χ2v) is 10.7. The Morgan fingerprint density at radius 1 is 1.15 bits per heavy atom. The third-order valence-corrected chi connectivity index (χ3v) is 7.89. The van der Waals surface area contributed by atoms with Gasteiger partial charge in [-0.3, -0.25) is 13.9 Å². The van der Waals surface area contributed by atoms with Crippen LogP contribution in [0.15, 0.2) is 53.8 Å². The summed E-state index contributed by atoms with van der Waals surface area (Å²) in [5, 5.41) is 17.9. The third kappa shape index (κ3) is 4.77. The molecular weight excluding hydrogens is 513 g/mol. The van der Waals surface area contributed by atoms with Gasteiger partial charge in [-0.25, -0.2) is 4.79 Å². The zero-order valence-electron chi connectivity index (χ0n) is 21.4. The van der Waals surface area contributed by atoms with Crippen molar-refractivity contribution in [3.8, 4) is 5.69 Å². The van der Waals surface area contributed by atoms with E-state index < -0.39 is 17.4 Å². The summed E-state index contributed by atoms with van der Waals surface area (Å²) in [5.74, 6) is 0.793. The summed E-state index contributed by atoms with van der Waals surface area (Å²) >= 11 is 0. The van der Waals surface area contributed by atoms with Gasteiger partial charge in [0.1, 0.15) is 12.2 Å². The normalized spacial score (nSPS) is 18.5. The van der Waals surface area contributed by atoms with Gasteiger partial charge in [-0.15, -0.1) is 10.2 Å². The van der Waals surface area contributed by atoms with Crippen LogP contribution in [0.2, 0.25) is 0 Å². The first kappa shape index (κ1) is 25.8. The van der Waals surface area contributed by atoms with E-state index in [0.717, 1.165) is 21.9 Å². The Balaban J connectivity index is 1.39. The maximum atomic E-state index is 14.2. The fraction of sp³-hybridized carbons (Fsp3) is 0.444. The number of ether oxygens (including phenoxy) is 1. The van der Waals surface area contributed by atoms with Crippen LogP contribution in [0, 0.1) is 0 Å². The zero-order valence-corrected chi connectivity index (χ0v) is 21.4. The number of fused-ring (bicyclic) bond motifs is 1. The van der Waals surface area contributed by atoms with E-state index in [1.807, 2.05) is 28.6 Å². The number of nitrogens with zero attached hydrogens (tertiary/aromatic N) is 6. The molecular formula is C27H29F3N6O3. The largest absolute Gasteiger partial charge is 0.418 e. The first-order valence-electron chi connectivity index (χ1n) is 12.9. The van der Waals surface area contributed by atoms with Crippen LogP contribution < -0.4 is 5.69 Å². The molecule has 9 nitrogen and oxygen atoms in total. The average molecular weight is 543 g/mol. The molecule has 2 aliphatic heterocycles. The molecule has 2 aliphatic rings. The van der Waals surface area contributed by atoms with Gasteiger partial charge in [-0.1, -0.05) is 12.1 Å². The monoisotopic (exact) mass is 542 g/mol. The number of imidazole rings is 1. The lowest BCUT2D eigenvalue weighted by atomic mass is 9.75. The molecule has 3 aromatic heterocycles. The minimum atomic E-state index is -4.64. The first-order chi connectivity index (χ1) is 18.6. The molecule has 0 spiro atoms. The van der Waals surface area contributed by atoms with Crippen molar-refractivity contribution in [3.05, 3.63) is 82.1 Å². The Hall–Kier alpha value is -3.48. The lowest BCUT2D eigenvalue weighted by Gasteiger charge is -2.41. The predicted molar refractivity (Wildman–Crippen MR) is 136 cm³/mol. The van der Waals surface area contributed by atoms with Crippen LogP contribution in [0.5, 0.6) is 0 Å². The predicted octanol–water partition coefficient (Wildman–Crippen LogP) is 2.70. The van der Waals surface area contributed by atoms with Crippen LogP contribution in [0.1, 0.15) is 35.4 Å². The molecule has 2 saturated heterocycles. The van der Waals surface area contributed by atoms with Crippen LogP contribution in [0.25, 0.3) is 11.2 Å². The molecule has 0 bridgehead atoms. The summed E-state index contributed by atoms with van der Waals surface area (Å²) in [7, 11) is 1.87. The smallest absolute Gasteiger partial charge is 0.393 e. The highest BCUT2D eigenvalue weighted by atomic mass is 19.4. The molecule has 0 amide bonds. The lowest BCUT2D eigenvalue weighted by Crippen LogP contribution is -2.49. The summed E-state index contributed by atoms with van der Waals surface area (Å²) in [6, 6.07) is 8.43. The second-order valence-electron chi connectivity index (χ2n) is 10.7. The van der Waals surface area contributed by atoms with Crippen molar-refractivity contribution in [3.63, 3.8) is 0 Å². The van der Waals surface area contributed by atoms with E-state index in [1.165, 1.54) is 17.0 Å². The zero-order chi connectivity index (χ0) is 27.4. The molecule has 6 rings (SSSR count). The molecule has 12 heteroatoms. The molecule has 39 heavy (non-hydrogen) atoms. The number of likely N-dealkylation sites (tertiary alicyclic amines) is 1. The molecule has 1 aromatic carbocycles. The van der Waals surface area contributed by atoms with Crippen molar-refractivity contribution in [1.82, 2.24) is 28.6 Å². The topological polar surface area (TPSA) is 89.8 Å². The quantitative estimate of drug-likeness (QED) is 0.403. The van der Waals surface area contributed by atoms with Crippen molar-refractivity contribution in [2.75, 3.05) is 26.3 Å². The molecule has 0 unspecified atom stereocenters. The highest BCUT2D eigenvalue weighted by Gasteiger charge is 2.42. The number of rotatable bonds is 6. The van der Waals surface area contributed by atoms with E-state index >= 15 is 0 Å². The van der Waals surface area contributed by atoms with E-state index in [2.05, 4.69) is 10.2 Å². The maximum Gasteiger partial charge on any atom is 0.418 e. The van der Waals surface area contributed by atoms with Crippen LogP contribution in [-0.2, 0) is 36.3 Å². The van der Waals surface area contributed by atoms with Gasteiger partial charge in [-0.2, -0.15) is 13.2 Å². The number of hydrogen-bond acceptors (Lipinski definition) is 6. The van der Waals surface area contributed by atoms with Gasteiger partial charge in [0.2, 0.25) is 0 Å². The number of aryl methyl sites for hydroxylation is 1. The molecule has 4 aromatic rings. The molecule has 5 heterocycles. The Morgan fingerprint density at radius 3 is 2.56 bits per heavy atom. The fourth-order valence-corrected chi connectivity index (χ4v) is 5.55. The molecule has 0 atom stereocenters. The van der Waals surface area contributed by atoms with Gasteiger partial charge in [-0.05, 0) is 42.2 Å². The van der Waals surface area contributed by atoms with Gasteiger partial charge in [0.25, 0.3) is 0 Å². The number of pyridine rings is 1.